The van der Waals surface area contributed by atoms with E-state index in [9.17, 15) is 4.79 Å². The van der Waals surface area contributed by atoms with Gasteiger partial charge in [-0.05, 0) is 27.1 Å². The summed E-state index contributed by atoms with van der Waals surface area (Å²) >= 11 is 0. The third kappa shape index (κ3) is 3.04. The van der Waals surface area contributed by atoms with Gasteiger partial charge in [-0.15, -0.1) is 12.3 Å². The van der Waals surface area contributed by atoms with E-state index < -0.39 is 0 Å². The van der Waals surface area contributed by atoms with Crippen molar-refractivity contribution in [3.8, 4) is 12.3 Å². The molecule has 0 aromatic rings. The van der Waals surface area contributed by atoms with Crippen LogP contribution in [0.5, 0.6) is 0 Å². The van der Waals surface area contributed by atoms with Crippen molar-refractivity contribution in [3.05, 3.63) is 0 Å². The van der Waals surface area contributed by atoms with Crippen LogP contribution in [0, 0.1) is 18.3 Å². The lowest BCUT2D eigenvalue weighted by atomic mass is 10.1. The lowest BCUT2D eigenvalue weighted by Crippen LogP contribution is -2.28. The molecule has 3 heteroatoms. The Hall–Kier alpha value is -1.01. The molecule has 1 fully saturated rings. The summed E-state index contributed by atoms with van der Waals surface area (Å²) in [5.41, 5.74) is 0. The summed E-state index contributed by atoms with van der Waals surface area (Å²) in [6.07, 6.45) is 6.86. The summed E-state index contributed by atoms with van der Waals surface area (Å²) in [5, 5.41) is 0. The van der Waals surface area contributed by atoms with E-state index in [0.717, 1.165) is 26.1 Å². The topological polar surface area (TPSA) is 23.6 Å². The second-order valence-corrected chi connectivity index (χ2v) is 4.06. The van der Waals surface area contributed by atoms with Gasteiger partial charge in [0.2, 0.25) is 5.91 Å². The molecular formula is C11H18N2O. The van der Waals surface area contributed by atoms with E-state index in [4.69, 9.17) is 6.42 Å². The van der Waals surface area contributed by atoms with Crippen LogP contribution in [0.2, 0.25) is 0 Å². The van der Waals surface area contributed by atoms with Crippen LogP contribution in [0.25, 0.3) is 0 Å². The highest BCUT2D eigenvalue weighted by atomic mass is 16.2. The molecule has 0 aromatic carbocycles. The number of carbonyl (C=O) groups is 1. The predicted molar refractivity (Wildman–Crippen MR) is 56.7 cm³/mol. The maximum Gasteiger partial charge on any atom is 0.223 e. The van der Waals surface area contributed by atoms with E-state index in [0.29, 0.717) is 6.42 Å². The second-order valence-electron chi connectivity index (χ2n) is 4.06. The SMILES string of the molecule is C#CC1CC(=O)N(CCCN(C)C)C1. The number of hydrogen-bond donors (Lipinski definition) is 0. The first-order chi connectivity index (χ1) is 6.63. The number of hydrogen-bond acceptors (Lipinski definition) is 2. The van der Waals surface area contributed by atoms with Crippen molar-refractivity contribution >= 4 is 5.91 Å². The third-order valence-corrected chi connectivity index (χ3v) is 2.48. The minimum Gasteiger partial charge on any atom is -0.341 e. The molecule has 0 aromatic heterocycles. The normalized spacial score (nSPS) is 21.7. The van der Waals surface area contributed by atoms with E-state index in [1.165, 1.54) is 0 Å². The molecule has 1 aliphatic rings. The van der Waals surface area contributed by atoms with Crippen LogP contribution in [0.4, 0.5) is 0 Å². The number of terminal acetylenes is 1. The summed E-state index contributed by atoms with van der Waals surface area (Å²) in [7, 11) is 4.08. The Bertz CT molecular complexity index is 242. The Morgan fingerprint density at radius 2 is 2.36 bits per heavy atom. The maximum absolute atomic E-state index is 11.4. The highest BCUT2D eigenvalue weighted by Gasteiger charge is 2.27. The largest absolute Gasteiger partial charge is 0.341 e. The Morgan fingerprint density at radius 1 is 1.64 bits per heavy atom. The first kappa shape index (κ1) is 11.1. The van der Waals surface area contributed by atoms with E-state index in [2.05, 4.69) is 10.8 Å². The zero-order chi connectivity index (χ0) is 10.6. The van der Waals surface area contributed by atoms with Crippen LogP contribution >= 0.6 is 0 Å². The smallest absolute Gasteiger partial charge is 0.223 e. The Balaban J connectivity index is 2.26. The van der Waals surface area contributed by atoms with Crippen LogP contribution in [0.15, 0.2) is 0 Å². The van der Waals surface area contributed by atoms with Crippen molar-refractivity contribution < 1.29 is 4.79 Å². The molecule has 1 heterocycles. The Morgan fingerprint density at radius 3 is 2.86 bits per heavy atom. The van der Waals surface area contributed by atoms with Gasteiger partial charge in [0.25, 0.3) is 0 Å². The van der Waals surface area contributed by atoms with Crippen molar-refractivity contribution in [2.75, 3.05) is 33.7 Å². The molecule has 0 N–H and O–H groups in total. The zero-order valence-electron chi connectivity index (χ0n) is 8.99. The average molecular weight is 194 g/mol. The molecule has 0 spiro atoms. The number of carbonyl (C=O) groups excluding carboxylic acids is 1. The van der Waals surface area contributed by atoms with Crippen molar-refractivity contribution in [2.24, 2.45) is 5.92 Å². The molecule has 1 aliphatic heterocycles. The molecule has 3 nitrogen and oxygen atoms in total. The molecule has 1 atom stereocenters. The van der Waals surface area contributed by atoms with Crippen LogP contribution in [0.1, 0.15) is 12.8 Å². The molecule has 1 unspecified atom stereocenters. The molecule has 1 saturated heterocycles. The molecule has 78 valence electrons. The minimum absolute atomic E-state index is 0.141. The van der Waals surface area contributed by atoms with Gasteiger partial charge in [-0.3, -0.25) is 4.79 Å². The van der Waals surface area contributed by atoms with Gasteiger partial charge in [-0.25, -0.2) is 0 Å². The Labute approximate surface area is 86.1 Å². The zero-order valence-corrected chi connectivity index (χ0v) is 8.99. The quantitative estimate of drug-likeness (QED) is 0.606. The molecular weight excluding hydrogens is 176 g/mol. The monoisotopic (exact) mass is 194 g/mol. The van der Waals surface area contributed by atoms with E-state index in [1.807, 2.05) is 19.0 Å². The number of likely N-dealkylation sites (tertiary alicyclic amines) is 1. The third-order valence-electron chi connectivity index (χ3n) is 2.48. The van der Waals surface area contributed by atoms with Crippen molar-refractivity contribution in [1.82, 2.24) is 9.80 Å². The fourth-order valence-corrected chi connectivity index (χ4v) is 1.68. The molecule has 0 radical (unpaired) electrons. The van der Waals surface area contributed by atoms with Gasteiger partial charge in [0, 0.05) is 25.4 Å². The van der Waals surface area contributed by atoms with Crippen LogP contribution < -0.4 is 0 Å². The second kappa shape index (κ2) is 5.02. The van der Waals surface area contributed by atoms with E-state index in [1.54, 1.807) is 0 Å². The van der Waals surface area contributed by atoms with Crippen LogP contribution in [-0.4, -0.2) is 49.4 Å². The molecule has 14 heavy (non-hydrogen) atoms. The highest BCUT2D eigenvalue weighted by molar-refractivity contribution is 5.79. The first-order valence-corrected chi connectivity index (χ1v) is 5.02. The fraction of sp³-hybridized carbons (Fsp3) is 0.727. The van der Waals surface area contributed by atoms with E-state index in [-0.39, 0.29) is 11.8 Å². The standard InChI is InChI=1S/C11H18N2O/c1-4-10-8-11(14)13(9-10)7-5-6-12(2)3/h1,10H,5-9H2,2-3H3. The van der Waals surface area contributed by atoms with Gasteiger partial charge in [0.1, 0.15) is 0 Å². The van der Waals surface area contributed by atoms with Gasteiger partial charge < -0.3 is 9.80 Å². The minimum atomic E-state index is 0.141. The van der Waals surface area contributed by atoms with Crippen molar-refractivity contribution in [3.63, 3.8) is 0 Å². The number of nitrogens with zero attached hydrogens (tertiary/aromatic N) is 2. The summed E-state index contributed by atoms with van der Waals surface area (Å²) in [4.78, 5) is 15.4. The molecule has 1 rings (SSSR count). The fourth-order valence-electron chi connectivity index (χ4n) is 1.68. The van der Waals surface area contributed by atoms with Gasteiger partial charge in [-0.1, -0.05) is 0 Å². The summed E-state index contributed by atoms with van der Waals surface area (Å²) in [6.45, 7) is 2.61. The van der Waals surface area contributed by atoms with Gasteiger partial charge in [-0.2, -0.15) is 0 Å². The highest BCUT2D eigenvalue weighted by Crippen LogP contribution is 2.16. The molecule has 0 aliphatic carbocycles. The van der Waals surface area contributed by atoms with Gasteiger partial charge >= 0.3 is 0 Å². The lowest BCUT2D eigenvalue weighted by Gasteiger charge is -2.17. The molecule has 0 saturated carbocycles. The van der Waals surface area contributed by atoms with E-state index >= 15 is 0 Å². The van der Waals surface area contributed by atoms with Crippen molar-refractivity contribution in [1.29, 1.82) is 0 Å². The summed E-state index contributed by atoms with van der Waals surface area (Å²) in [5.74, 6) is 3.01. The van der Waals surface area contributed by atoms with Gasteiger partial charge in [0.05, 0.1) is 0 Å². The number of rotatable bonds is 4. The Kier molecular flexibility index (Phi) is 3.97. The summed E-state index contributed by atoms with van der Waals surface area (Å²) in [6, 6.07) is 0. The molecule has 1 amide bonds. The summed E-state index contributed by atoms with van der Waals surface area (Å²) < 4.78 is 0. The van der Waals surface area contributed by atoms with Crippen molar-refractivity contribution in [2.45, 2.75) is 12.8 Å². The number of amides is 1. The lowest BCUT2D eigenvalue weighted by molar-refractivity contribution is -0.127. The predicted octanol–water partition coefficient (Wildman–Crippen LogP) is 0.420. The average Bonchev–Trinajstić information content (AvgIpc) is 2.47. The van der Waals surface area contributed by atoms with Crippen LogP contribution in [0.3, 0.4) is 0 Å². The first-order valence-electron chi connectivity index (χ1n) is 5.02. The van der Waals surface area contributed by atoms with Gasteiger partial charge in [0.15, 0.2) is 0 Å². The maximum atomic E-state index is 11.4. The van der Waals surface area contributed by atoms with Crippen LogP contribution in [-0.2, 0) is 4.79 Å². The molecule has 0 bridgehead atoms.